The third kappa shape index (κ3) is 6.12. The van der Waals surface area contributed by atoms with Gasteiger partial charge < -0.3 is 5.11 Å². The SMILES string of the molecule is CC(=O)C(=O)SC(C)(C)CNC(C)O. The van der Waals surface area contributed by atoms with Gasteiger partial charge in [0.2, 0.25) is 5.78 Å². The highest BCUT2D eigenvalue weighted by Crippen LogP contribution is 2.24. The molecule has 2 N–H and O–H groups in total. The van der Waals surface area contributed by atoms with Crippen LogP contribution in [0.15, 0.2) is 0 Å². The van der Waals surface area contributed by atoms with Crippen LogP contribution in [-0.4, -0.2) is 33.5 Å². The first kappa shape index (κ1) is 13.6. The number of hydrogen-bond acceptors (Lipinski definition) is 5. The Hall–Kier alpha value is -0.390. The largest absolute Gasteiger partial charge is 0.379 e. The third-order valence-corrected chi connectivity index (χ3v) is 2.65. The van der Waals surface area contributed by atoms with E-state index in [1.807, 2.05) is 13.8 Å². The molecule has 0 saturated heterocycles. The van der Waals surface area contributed by atoms with Gasteiger partial charge in [0.25, 0.3) is 5.12 Å². The lowest BCUT2D eigenvalue weighted by atomic mass is 10.2. The Labute approximate surface area is 88.4 Å². The summed E-state index contributed by atoms with van der Waals surface area (Å²) in [7, 11) is 0. The van der Waals surface area contributed by atoms with Crippen LogP contribution in [0.5, 0.6) is 0 Å². The summed E-state index contributed by atoms with van der Waals surface area (Å²) in [5.74, 6) is -0.444. The molecule has 0 bridgehead atoms. The fraction of sp³-hybridized carbons (Fsp3) is 0.778. The minimum atomic E-state index is -0.609. The van der Waals surface area contributed by atoms with Gasteiger partial charge in [0.15, 0.2) is 0 Å². The van der Waals surface area contributed by atoms with Crippen LogP contribution in [0, 0.1) is 0 Å². The number of hydrogen-bond donors (Lipinski definition) is 2. The molecular formula is C9H17NO3S. The van der Waals surface area contributed by atoms with Crippen molar-refractivity contribution in [2.45, 2.75) is 38.7 Å². The molecule has 0 aromatic carbocycles. The number of carbonyl (C=O) groups excluding carboxylic acids is 2. The lowest BCUT2D eigenvalue weighted by Crippen LogP contribution is -2.38. The predicted octanol–water partition coefficient (Wildman–Crippen LogP) is 0.542. The van der Waals surface area contributed by atoms with E-state index in [1.165, 1.54) is 6.92 Å². The number of aliphatic hydroxyl groups excluding tert-OH is 1. The molecule has 82 valence electrons. The van der Waals surface area contributed by atoms with Gasteiger partial charge >= 0.3 is 0 Å². The van der Waals surface area contributed by atoms with Gasteiger partial charge in [-0.05, 0) is 20.8 Å². The van der Waals surface area contributed by atoms with E-state index in [4.69, 9.17) is 5.11 Å². The van der Waals surface area contributed by atoms with E-state index in [0.717, 1.165) is 11.8 Å². The summed E-state index contributed by atoms with van der Waals surface area (Å²) in [6.45, 7) is 7.01. The molecular weight excluding hydrogens is 202 g/mol. The third-order valence-electron chi connectivity index (χ3n) is 1.48. The molecule has 1 atom stereocenters. The van der Waals surface area contributed by atoms with Gasteiger partial charge in [-0.1, -0.05) is 11.8 Å². The highest BCUT2D eigenvalue weighted by molar-refractivity contribution is 8.16. The minimum absolute atomic E-state index is 0.389. The van der Waals surface area contributed by atoms with Crippen LogP contribution in [-0.2, 0) is 9.59 Å². The van der Waals surface area contributed by atoms with Crippen molar-refractivity contribution in [2.24, 2.45) is 0 Å². The molecule has 0 aromatic rings. The Kier molecular flexibility index (Phi) is 5.33. The molecule has 4 nitrogen and oxygen atoms in total. The first-order valence-electron chi connectivity index (χ1n) is 4.40. The van der Waals surface area contributed by atoms with Crippen LogP contribution in [0.3, 0.4) is 0 Å². The summed E-state index contributed by atoms with van der Waals surface area (Å²) >= 11 is 0.990. The molecule has 0 aromatic heterocycles. The number of carbonyl (C=O) groups is 2. The molecule has 0 saturated carbocycles. The number of Topliss-reactive ketones (excluding diaryl/α,β-unsaturated/α-hetero) is 1. The maximum atomic E-state index is 11.1. The average Bonchev–Trinajstić information content (AvgIpc) is 2.00. The molecule has 14 heavy (non-hydrogen) atoms. The molecule has 0 radical (unpaired) electrons. The maximum Gasteiger partial charge on any atom is 0.255 e. The highest BCUT2D eigenvalue weighted by Gasteiger charge is 2.24. The standard InChI is InChI=1S/C9H17NO3S/c1-6(11)8(13)14-9(3,4)5-10-7(2)12/h7,10,12H,5H2,1-4H3. The van der Waals surface area contributed by atoms with Gasteiger partial charge in [0.05, 0.1) is 0 Å². The van der Waals surface area contributed by atoms with Gasteiger partial charge in [-0.2, -0.15) is 0 Å². The number of rotatable bonds is 5. The summed E-state index contributed by atoms with van der Waals surface area (Å²) in [5.41, 5.74) is 0. The van der Waals surface area contributed by atoms with E-state index in [1.54, 1.807) is 6.92 Å². The van der Waals surface area contributed by atoms with Crippen molar-refractivity contribution in [1.82, 2.24) is 5.32 Å². The van der Waals surface area contributed by atoms with Crippen LogP contribution in [0.4, 0.5) is 0 Å². The highest BCUT2D eigenvalue weighted by atomic mass is 32.2. The summed E-state index contributed by atoms with van der Waals surface area (Å²) in [5, 5.41) is 11.3. The summed E-state index contributed by atoms with van der Waals surface area (Å²) in [6, 6.07) is 0. The van der Waals surface area contributed by atoms with Crippen molar-refractivity contribution in [3.05, 3.63) is 0 Å². The average molecular weight is 219 g/mol. The molecule has 0 heterocycles. The Bertz CT molecular complexity index is 226. The number of ketones is 1. The molecule has 0 spiro atoms. The van der Waals surface area contributed by atoms with Crippen molar-refractivity contribution >= 4 is 22.7 Å². The maximum absolute atomic E-state index is 11.1. The minimum Gasteiger partial charge on any atom is -0.379 e. The van der Waals surface area contributed by atoms with Crippen molar-refractivity contribution in [3.8, 4) is 0 Å². The van der Waals surface area contributed by atoms with Crippen molar-refractivity contribution in [2.75, 3.05) is 6.54 Å². The molecule has 0 aliphatic rings. The van der Waals surface area contributed by atoms with E-state index in [-0.39, 0.29) is 4.75 Å². The topological polar surface area (TPSA) is 66.4 Å². The quantitative estimate of drug-likeness (QED) is 0.522. The lowest BCUT2D eigenvalue weighted by molar-refractivity contribution is -0.130. The molecule has 0 rings (SSSR count). The number of nitrogens with one attached hydrogen (secondary N) is 1. The Morgan fingerprint density at radius 3 is 2.36 bits per heavy atom. The van der Waals surface area contributed by atoms with E-state index in [9.17, 15) is 9.59 Å². The second-order valence-electron chi connectivity index (χ2n) is 3.76. The Morgan fingerprint density at radius 1 is 1.50 bits per heavy atom. The van der Waals surface area contributed by atoms with E-state index >= 15 is 0 Å². The van der Waals surface area contributed by atoms with Crippen LogP contribution in [0.25, 0.3) is 0 Å². The van der Waals surface area contributed by atoms with E-state index in [2.05, 4.69) is 5.32 Å². The van der Waals surface area contributed by atoms with Crippen LogP contribution >= 0.6 is 11.8 Å². The van der Waals surface area contributed by atoms with Crippen molar-refractivity contribution in [1.29, 1.82) is 0 Å². The lowest BCUT2D eigenvalue weighted by Gasteiger charge is -2.23. The van der Waals surface area contributed by atoms with E-state index < -0.39 is 17.1 Å². The molecule has 0 aliphatic carbocycles. The molecule has 1 unspecified atom stereocenters. The normalized spacial score (nSPS) is 13.8. The molecule has 5 heteroatoms. The van der Waals surface area contributed by atoms with Gasteiger partial charge in [-0.15, -0.1) is 0 Å². The molecule has 0 fully saturated rings. The number of thioether (sulfide) groups is 1. The van der Waals surface area contributed by atoms with Gasteiger partial charge in [0.1, 0.15) is 6.23 Å². The molecule has 0 aliphatic heterocycles. The van der Waals surface area contributed by atoms with Gasteiger partial charge in [0, 0.05) is 18.2 Å². The van der Waals surface area contributed by atoms with Gasteiger partial charge in [-0.3, -0.25) is 14.9 Å². The predicted molar refractivity (Wildman–Crippen MR) is 57.0 cm³/mol. The smallest absolute Gasteiger partial charge is 0.255 e. The van der Waals surface area contributed by atoms with E-state index in [0.29, 0.717) is 6.54 Å². The number of aliphatic hydroxyl groups is 1. The fourth-order valence-electron chi connectivity index (χ4n) is 0.752. The second-order valence-corrected chi connectivity index (χ2v) is 5.44. The summed E-state index contributed by atoms with van der Waals surface area (Å²) < 4.78 is -0.389. The molecule has 0 amide bonds. The van der Waals surface area contributed by atoms with Gasteiger partial charge in [-0.25, -0.2) is 0 Å². The summed E-state index contributed by atoms with van der Waals surface area (Å²) in [4.78, 5) is 21.8. The Morgan fingerprint density at radius 2 is 2.00 bits per heavy atom. The summed E-state index contributed by atoms with van der Waals surface area (Å²) in [6.07, 6.45) is -0.609. The Balaban J connectivity index is 4.06. The van der Waals surface area contributed by atoms with Crippen molar-refractivity contribution in [3.63, 3.8) is 0 Å². The van der Waals surface area contributed by atoms with Crippen LogP contribution < -0.4 is 5.32 Å². The first-order chi connectivity index (χ1) is 6.24. The van der Waals surface area contributed by atoms with Crippen molar-refractivity contribution < 1.29 is 14.7 Å². The van der Waals surface area contributed by atoms with Crippen LogP contribution in [0.1, 0.15) is 27.7 Å². The second kappa shape index (κ2) is 5.48. The van der Waals surface area contributed by atoms with Crippen LogP contribution in [0.2, 0.25) is 0 Å². The zero-order valence-electron chi connectivity index (χ0n) is 8.96. The monoisotopic (exact) mass is 219 g/mol. The zero-order valence-corrected chi connectivity index (χ0v) is 9.77. The zero-order chi connectivity index (χ0) is 11.4. The fourth-order valence-corrected chi connectivity index (χ4v) is 1.55. The first-order valence-corrected chi connectivity index (χ1v) is 5.21.